The van der Waals surface area contributed by atoms with Crippen LogP contribution in [0, 0.1) is 11.8 Å². The number of nitrogens with two attached hydrogens (primary N) is 2. The Labute approximate surface area is 144 Å². The van der Waals surface area contributed by atoms with Crippen LogP contribution in [0.5, 0.6) is 0 Å². The highest BCUT2D eigenvalue weighted by atomic mass is 16.5. The van der Waals surface area contributed by atoms with Crippen LogP contribution in [0.15, 0.2) is 4.79 Å². The van der Waals surface area contributed by atoms with E-state index < -0.39 is 17.6 Å². The first-order valence-corrected chi connectivity index (χ1v) is 8.09. The molecule has 7 N–H and O–H groups in total. The molecule has 10 heteroatoms. The van der Waals surface area contributed by atoms with Crippen molar-refractivity contribution in [2.75, 3.05) is 18.9 Å². The van der Waals surface area contributed by atoms with Crippen molar-refractivity contribution in [2.24, 2.45) is 17.6 Å². The van der Waals surface area contributed by atoms with Crippen LogP contribution in [0.25, 0.3) is 11.2 Å². The maximum atomic E-state index is 11.8. The van der Waals surface area contributed by atoms with Crippen LogP contribution < -0.4 is 17.0 Å². The molecule has 0 aliphatic rings. The minimum atomic E-state index is -0.661. The molecule has 25 heavy (non-hydrogen) atoms. The molecule has 0 aromatic carbocycles. The Morgan fingerprint density at radius 3 is 2.68 bits per heavy atom. The standard InChI is InChI=1S/C15H24N6O4/c1-7(2)10(16)14(24)25-4-3-8(6-22)5-9-18-11-12(19-9)20-15(17)21-13(11)23/h7-8,10,22H,3-6,16H2,1-2H3,(H4,17,18,19,20,21,23)/t8?,10-/m0/s1. The molecule has 138 valence electrons. The van der Waals surface area contributed by atoms with Crippen LogP contribution in [0.1, 0.15) is 26.1 Å². The average molecular weight is 352 g/mol. The lowest BCUT2D eigenvalue weighted by Gasteiger charge is -2.16. The zero-order valence-corrected chi connectivity index (χ0v) is 14.3. The van der Waals surface area contributed by atoms with Crippen molar-refractivity contribution in [3.8, 4) is 0 Å². The monoisotopic (exact) mass is 352 g/mol. The second-order valence-corrected chi connectivity index (χ2v) is 6.31. The van der Waals surface area contributed by atoms with E-state index in [4.69, 9.17) is 16.2 Å². The first kappa shape index (κ1) is 18.9. The third kappa shape index (κ3) is 4.77. The number of ether oxygens (including phenoxy) is 1. The largest absolute Gasteiger partial charge is 0.465 e. The molecule has 2 heterocycles. The number of aromatic amines is 2. The molecule has 0 aliphatic carbocycles. The molecule has 0 spiro atoms. The number of anilines is 1. The van der Waals surface area contributed by atoms with E-state index in [-0.39, 0.29) is 42.2 Å². The molecule has 0 bridgehead atoms. The normalized spacial score (nSPS) is 14.0. The number of esters is 1. The van der Waals surface area contributed by atoms with Gasteiger partial charge in [-0.25, -0.2) is 4.98 Å². The quantitative estimate of drug-likeness (QED) is 0.388. The van der Waals surface area contributed by atoms with Gasteiger partial charge < -0.3 is 26.3 Å². The van der Waals surface area contributed by atoms with E-state index in [0.29, 0.717) is 18.7 Å². The molecule has 2 rings (SSSR count). The molecule has 0 radical (unpaired) electrons. The van der Waals surface area contributed by atoms with E-state index in [1.807, 2.05) is 13.8 Å². The van der Waals surface area contributed by atoms with Gasteiger partial charge in [0.1, 0.15) is 11.9 Å². The molecule has 0 aliphatic heterocycles. The number of aromatic nitrogens is 4. The summed E-state index contributed by atoms with van der Waals surface area (Å²) in [5.41, 5.74) is 11.2. The number of nitrogen functional groups attached to an aromatic ring is 1. The van der Waals surface area contributed by atoms with Crippen molar-refractivity contribution in [2.45, 2.75) is 32.7 Å². The predicted molar refractivity (Wildman–Crippen MR) is 91.6 cm³/mol. The van der Waals surface area contributed by atoms with Crippen molar-refractivity contribution in [3.63, 3.8) is 0 Å². The fourth-order valence-corrected chi connectivity index (χ4v) is 2.29. The molecule has 0 saturated heterocycles. The highest BCUT2D eigenvalue weighted by molar-refractivity contribution is 5.75. The molecule has 2 aromatic rings. The van der Waals surface area contributed by atoms with Crippen LogP contribution in [-0.4, -0.2) is 50.3 Å². The van der Waals surface area contributed by atoms with E-state index in [0.717, 1.165) is 0 Å². The van der Waals surface area contributed by atoms with Gasteiger partial charge in [-0.2, -0.15) is 4.98 Å². The van der Waals surface area contributed by atoms with Gasteiger partial charge in [0.2, 0.25) is 5.95 Å². The fraction of sp³-hybridized carbons (Fsp3) is 0.600. The summed E-state index contributed by atoms with van der Waals surface area (Å²) in [6.45, 7) is 3.71. The molecule has 0 amide bonds. The Balaban J connectivity index is 1.95. The third-order valence-corrected chi connectivity index (χ3v) is 3.93. The Morgan fingerprint density at radius 1 is 1.32 bits per heavy atom. The number of nitrogens with zero attached hydrogens (tertiary/aromatic N) is 2. The van der Waals surface area contributed by atoms with Gasteiger partial charge in [-0.3, -0.25) is 14.6 Å². The Hall–Kier alpha value is -2.46. The van der Waals surface area contributed by atoms with Gasteiger partial charge in [0.25, 0.3) is 5.56 Å². The summed E-state index contributed by atoms with van der Waals surface area (Å²) in [6.07, 6.45) is 0.815. The van der Waals surface area contributed by atoms with Crippen molar-refractivity contribution < 1.29 is 14.6 Å². The average Bonchev–Trinajstić information content (AvgIpc) is 2.95. The first-order valence-electron chi connectivity index (χ1n) is 8.09. The number of hydrogen-bond acceptors (Lipinski definition) is 8. The van der Waals surface area contributed by atoms with Crippen molar-refractivity contribution in [3.05, 3.63) is 16.2 Å². The van der Waals surface area contributed by atoms with Gasteiger partial charge >= 0.3 is 5.97 Å². The maximum absolute atomic E-state index is 11.8. The van der Waals surface area contributed by atoms with Crippen LogP contribution in [0.3, 0.4) is 0 Å². The van der Waals surface area contributed by atoms with Crippen LogP contribution in [0.4, 0.5) is 5.95 Å². The van der Waals surface area contributed by atoms with Gasteiger partial charge in [0, 0.05) is 13.0 Å². The van der Waals surface area contributed by atoms with Gasteiger partial charge in [-0.15, -0.1) is 0 Å². The van der Waals surface area contributed by atoms with Crippen molar-refractivity contribution in [1.82, 2.24) is 19.9 Å². The lowest BCUT2D eigenvalue weighted by Crippen LogP contribution is -2.37. The first-order chi connectivity index (χ1) is 11.8. The Bertz CT molecular complexity index is 784. The highest BCUT2D eigenvalue weighted by Gasteiger charge is 2.20. The topological polar surface area (TPSA) is 173 Å². The number of rotatable bonds is 8. The second-order valence-electron chi connectivity index (χ2n) is 6.31. The number of hydrogen-bond donors (Lipinski definition) is 5. The van der Waals surface area contributed by atoms with Crippen LogP contribution in [0.2, 0.25) is 0 Å². The van der Waals surface area contributed by atoms with Crippen molar-refractivity contribution in [1.29, 1.82) is 0 Å². The lowest BCUT2D eigenvalue weighted by atomic mass is 10.0. The number of aliphatic hydroxyl groups excluding tert-OH is 1. The summed E-state index contributed by atoms with van der Waals surface area (Å²) in [6, 6.07) is -0.661. The van der Waals surface area contributed by atoms with Crippen LogP contribution in [-0.2, 0) is 16.0 Å². The van der Waals surface area contributed by atoms with E-state index in [9.17, 15) is 14.7 Å². The minimum Gasteiger partial charge on any atom is -0.465 e. The summed E-state index contributed by atoms with van der Waals surface area (Å²) in [7, 11) is 0. The summed E-state index contributed by atoms with van der Waals surface area (Å²) < 4.78 is 5.14. The number of imidazole rings is 1. The second kappa shape index (κ2) is 8.08. The molecule has 10 nitrogen and oxygen atoms in total. The van der Waals surface area contributed by atoms with E-state index in [2.05, 4.69) is 19.9 Å². The predicted octanol–water partition coefficient (Wildman–Crippen LogP) is -0.704. The van der Waals surface area contributed by atoms with Crippen LogP contribution >= 0.6 is 0 Å². The Kier molecular flexibility index (Phi) is 6.10. The molecule has 2 atom stereocenters. The number of carbonyl (C=O) groups excluding carboxylic acids is 1. The molecular weight excluding hydrogens is 328 g/mol. The summed E-state index contributed by atoms with van der Waals surface area (Å²) >= 11 is 0. The van der Waals surface area contributed by atoms with Crippen molar-refractivity contribution >= 4 is 23.1 Å². The number of H-pyrrole nitrogens is 2. The fourth-order valence-electron chi connectivity index (χ4n) is 2.29. The molecule has 0 saturated carbocycles. The minimum absolute atomic E-state index is 0.00489. The molecule has 1 unspecified atom stereocenters. The summed E-state index contributed by atoms with van der Waals surface area (Å²) in [5.74, 6) is -0.165. The molecule has 0 fully saturated rings. The number of aliphatic hydroxyl groups is 1. The molecular formula is C15H24N6O4. The highest BCUT2D eigenvalue weighted by Crippen LogP contribution is 2.13. The van der Waals surface area contributed by atoms with E-state index >= 15 is 0 Å². The van der Waals surface area contributed by atoms with E-state index in [1.165, 1.54) is 0 Å². The number of nitrogens with one attached hydrogen (secondary N) is 2. The van der Waals surface area contributed by atoms with Gasteiger partial charge in [-0.1, -0.05) is 13.8 Å². The Morgan fingerprint density at radius 2 is 2.04 bits per heavy atom. The van der Waals surface area contributed by atoms with Gasteiger partial charge in [-0.05, 0) is 18.3 Å². The third-order valence-electron chi connectivity index (χ3n) is 3.93. The smallest absolute Gasteiger partial charge is 0.323 e. The summed E-state index contributed by atoms with van der Waals surface area (Å²) in [5, 5.41) is 9.51. The van der Waals surface area contributed by atoms with E-state index in [1.54, 1.807) is 0 Å². The zero-order valence-electron chi connectivity index (χ0n) is 14.3. The summed E-state index contributed by atoms with van der Waals surface area (Å²) in [4.78, 5) is 36.9. The lowest BCUT2D eigenvalue weighted by molar-refractivity contribution is -0.146. The maximum Gasteiger partial charge on any atom is 0.323 e. The number of carbonyl (C=O) groups is 1. The van der Waals surface area contributed by atoms with Gasteiger partial charge in [0.15, 0.2) is 11.2 Å². The molecule has 2 aromatic heterocycles. The zero-order chi connectivity index (χ0) is 18.6. The van der Waals surface area contributed by atoms with Gasteiger partial charge in [0.05, 0.1) is 6.61 Å². The number of fused-ring (bicyclic) bond motifs is 1. The SMILES string of the molecule is CC(C)[C@H](N)C(=O)OCCC(CO)Cc1nc2nc(N)[nH]c(=O)c2[nH]1.